The molecule has 3 rings (SSSR count). The lowest BCUT2D eigenvalue weighted by Gasteiger charge is -2.21. The highest BCUT2D eigenvalue weighted by Gasteiger charge is 2.26. The summed E-state index contributed by atoms with van der Waals surface area (Å²) < 4.78 is 0. The Labute approximate surface area is 128 Å². The molecule has 0 spiro atoms. The molecule has 1 unspecified atom stereocenters. The number of hydrogen-bond acceptors (Lipinski definition) is 4. The van der Waals surface area contributed by atoms with Gasteiger partial charge in [-0.2, -0.15) is 0 Å². The molecule has 0 saturated carbocycles. The number of carbonyl (C=O) groups excluding carboxylic acids is 1. The molecular formula is C16H21N3O3. The third kappa shape index (κ3) is 2.82. The van der Waals surface area contributed by atoms with E-state index in [1.165, 1.54) is 13.2 Å². The van der Waals surface area contributed by atoms with E-state index in [0.29, 0.717) is 16.3 Å². The number of fused-ring (bicyclic) bond motifs is 1. The zero-order chi connectivity index (χ0) is 16.3. The number of aromatic hydroxyl groups is 1. The Morgan fingerprint density at radius 1 is 1.36 bits per heavy atom. The van der Waals surface area contributed by atoms with Gasteiger partial charge in [0, 0.05) is 29.7 Å². The Morgan fingerprint density at radius 2 is 2.09 bits per heavy atom. The Kier molecular flexibility index (Phi) is 4.82. The Morgan fingerprint density at radius 3 is 2.73 bits per heavy atom. The number of nitrogens with two attached hydrogens (primary N) is 1. The molecule has 1 saturated heterocycles. The van der Waals surface area contributed by atoms with Crippen molar-refractivity contribution in [1.29, 1.82) is 0 Å². The summed E-state index contributed by atoms with van der Waals surface area (Å²) in [5.74, 6) is -0.0483. The topological polar surface area (TPSA) is 99.4 Å². The zero-order valence-corrected chi connectivity index (χ0v) is 12.8. The van der Waals surface area contributed by atoms with Crippen molar-refractivity contribution in [2.75, 3.05) is 13.6 Å². The van der Waals surface area contributed by atoms with Crippen LogP contribution in [0.15, 0.2) is 29.2 Å². The summed E-state index contributed by atoms with van der Waals surface area (Å²) in [5.41, 5.74) is 4.68. The molecule has 6 heteroatoms. The van der Waals surface area contributed by atoms with Crippen molar-refractivity contribution >= 4 is 16.7 Å². The quantitative estimate of drug-likeness (QED) is 0.742. The molecule has 1 amide bonds. The molecule has 0 aliphatic carbocycles. The van der Waals surface area contributed by atoms with E-state index in [-0.39, 0.29) is 23.3 Å². The number of aromatic nitrogens is 1. The van der Waals surface area contributed by atoms with Gasteiger partial charge in [-0.05, 0) is 45.0 Å². The average Bonchev–Trinajstić information content (AvgIpc) is 2.98. The summed E-state index contributed by atoms with van der Waals surface area (Å²) in [4.78, 5) is 28.5. The van der Waals surface area contributed by atoms with Crippen LogP contribution < -0.4 is 11.3 Å². The van der Waals surface area contributed by atoms with Crippen LogP contribution in [0.5, 0.6) is 5.75 Å². The van der Waals surface area contributed by atoms with Crippen LogP contribution in [0.2, 0.25) is 0 Å². The van der Waals surface area contributed by atoms with Crippen molar-refractivity contribution in [2.24, 2.45) is 5.73 Å². The maximum atomic E-state index is 12.4. The maximum absolute atomic E-state index is 12.4. The summed E-state index contributed by atoms with van der Waals surface area (Å²) in [6.45, 7) is 2.79. The predicted octanol–water partition coefficient (Wildman–Crippen LogP) is 1.43. The van der Waals surface area contributed by atoms with Crippen LogP contribution in [-0.2, 0) is 0 Å². The van der Waals surface area contributed by atoms with Gasteiger partial charge in [-0.15, -0.1) is 0 Å². The Bertz CT molecular complexity index is 739. The highest BCUT2D eigenvalue weighted by atomic mass is 16.3. The monoisotopic (exact) mass is 303 g/mol. The van der Waals surface area contributed by atoms with E-state index in [4.69, 9.17) is 0 Å². The van der Waals surface area contributed by atoms with Crippen LogP contribution >= 0.6 is 0 Å². The van der Waals surface area contributed by atoms with E-state index >= 15 is 0 Å². The summed E-state index contributed by atoms with van der Waals surface area (Å²) in [6, 6.07) is 5.07. The molecule has 2 aromatic rings. The molecule has 6 nitrogen and oxygen atoms in total. The number of rotatable bonds is 1. The molecule has 4 N–H and O–H groups in total. The van der Waals surface area contributed by atoms with Crippen LogP contribution in [0.1, 0.15) is 30.1 Å². The third-order valence-electron chi connectivity index (χ3n) is 3.94. The average molecular weight is 303 g/mol. The van der Waals surface area contributed by atoms with Gasteiger partial charge in [0.2, 0.25) is 0 Å². The number of carbonyl (C=O) groups is 1. The van der Waals surface area contributed by atoms with E-state index in [9.17, 15) is 14.7 Å². The van der Waals surface area contributed by atoms with E-state index in [1.807, 2.05) is 11.8 Å². The number of nitrogens with zero attached hydrogens (tertiary/aromatic N) is 1. The van der Waals surface area contributed by atoms with E-state index in [2.05, 4.69) is 10.7 Å². The minimum absolute atomic E-state index is 0.00754. The van der Waals surface area contributed by atoms with Gasteiger partial charge in [-0.25, -0.2) is 0 Å². The van der Waals surface area contributed by atoms with E-state index < -0.39 is 0 Å². The van der Waals surface area contributed by atoms with Gasteiger partial charge in [0.25, 0.3) is 11.5 Å². The largest absolute Gasteiger partial charge is 0.506 e. The number of benzene rings is 1. The van der Waals surface area contributed by atoms with Crippen molar-refractivity contribution in [3.63, 3.8) is 0 Å². The molecular weight excluding hydrogens is 282 g/mol. The molecule has 0 radical (unpaired) electrons. The number of amides is 1. The Hall–Kier alpha value is -2.34. The lowest BCUT2D eigenvalue weighted by molar-refractivity contribution is 0.0747. The van der Waals surface area contributed by atoms with Gasteiger partial charge in [0.1, 0.15) is 5.75 Å². The molecule has 1 aromatic carbocycles. The molecule has 2 heterocycles. The molecule has 1 fully saturated rings. The normalized spacial score (nSPS) is 17.2. The molecule has 22 heavy (non-hydrogen) atoms. The fourth-order valence-corrected chi connectivity index (χ4v) is 2.78. The van der Waals surface area contributed by atoms with Crippen molar-refractivity contribution in [2.45, 2.75) is 25.8 Å². The first-order chi connectivity index (χ1) is 10.6. The number of aromatic amines is 1. The molecule has 1 aliphatic rings. The second kappa shape index (κ2) is 6.62. The lowest BCUT2D eigenvalue weighted by Crippen LogP contribution is -2.33. The maximum Gasteiger partial charge on any atom is 0.256 e. The van der Waals surface area contributed by atoms with Crippen LogP contribution in [0.4, 0.5) is 0 Å². The van der Waals surface area contributed by atoms with Gasteiger partial charge >= 0.3 is 0 Å². The number of likely N-dealkylation sites (tertiary alicyclic amines) is 1. The highest BCUT2D eigenvalue weighted by Crippen LogP contribution is 2.24. The smallest absolute Gasteiger partial charge is 0.256 e. The minimum atomic E-state index is -0.304. The molecule has 0 bridgehead atoms. The first-order valence-electron chi connectivity index (χ1n) is 7.31. The zero-order valence-electron chi connectivity index (χ0n) is 12.8. The van der Waals surface area contributed by atoms with Crippen LogP contribution in [0.3, 0.4) is 0 Å². The molecule has 1 aromatic heterocycles. The first kappa shape index (κ1) is 16.0. The summed E-state index contributed by atoms with van der Waals surface area (Å²) >= 11 is 0. The van der Waals surface area contributed by atoms with Crippen molar-refractivity contribution < 1.29 is 9.90 Å². The van der Waals surface area contributed by atoms with Crippen molar-refractivity contribution in [3.8, 4) is 5.75 Å². The second-order valence-corrected chi connectivity index (χ2v) is 5.25. The highest BCUT2D eigenvalue weighted by molar-refractivity contribution is 5.99. The molecule has 1 aliphatic heterocycles. The van der Waals surface area contributed by atoms with Gasteiger partial charge in [0.05, 0.1) is 5.39 Å². The second-order valence-electron chi connectivity index (χ2n) is 5.25. The number of nitrogens with one attached hydrogen (secondary N) is 1. The number of H-pyrrole nitrogens is 1. The van der Waals surface area contributed by atoms with Crippen LogP contribution in [0.25, 0.3) is 10.8 Å². The van der Waals surface area contributed by atoms with Crippen molar-refractivity contribution in [1.82, 2.24) is 9.88 Å². The predicted molar refractivity (Wildman–Crippen MR) is 86.1 cm³/mol. The first-order valence-corrected chi connectivity index (χ1v) is 7.31. The fourth-order valence-electron chi connectivity index (χ4n) is 2.78. The van der Waals surface area contributed by atoms with Crippen LogP contribution in [-0.4, -0.2) is 40.5 Å². The van der Waals surface area contributed by atoms with Gasteiger partial charge in [0.15, 0.2) is 0 Å². The van der Waals surface area contributed by atoms with E-state index in [0.717, 1.165) is 19.4 Å². The molecule has 1 atom stereocenters. The van der Waals surface area contributed by atoms with Gasteiger partial charge in [-0.1, -0.05) is 0 Å². The van der Waals surface area contributed by atoms with E-state index in [1.54, 1.807) is 18.2 Å². The third-order valence-corrected chi connectivity index (χ3v) is 3.94. The standard InChI is InChI=1S/C15H16N2O3.CH5N/c1-9-3-2-6-17(9)15(20)10-4-5-11-12(7-10)14(19)16-8-13(11)18;1-2/h4-5,7-9,18H,2-3,6H2,1H3,(H,16,19);2H2,1H3. The summed E-state index contributed by atoms with van der Waals surface area (Å²) in [6.07, 6.45) is 3.29. The summed E-state index contributed by atoms with van der Waals surface area (Å²) in [5, 5.41) is 10.5. The van der Waals surface area contributed by atoms with Crippen molar-refractivity contribution in [3.05, 3.63) is 40.3 Å². The van der Waals surface area contributed by atoms with Crippen LogP contribution in [0, 0.1) is 0 Å². The van der Waals surface area contributed by atoms with Gasteiger partial charge in [-0.3, -0.25) is 9.59 Å². The van der Waals surface area contributed by atoms with Gasteiger partial charge < -0.3 is 20.7 Å². The minimum Gasteiger partial charge on any atom is -0.506 e. The summed E-state index contributed by atoms with van der Waals surface area (Å²) in [7, 11) is 1.50. The lowest BCUT2D eigenvalue weighted by atomic mass is 10.1. The fraction of sp³-hybridized carbons (Fsp3) is 0.375. The SMILES string of the molecule is CC1CCCN1C(=O)c1ccc2c(O)c[nH]c(=O)c2c1.CN. The number of pyridine rings is 1. The molecule has 118 valence electrons. The Balaban J connectivity index is 0.000000847. The number of hydrogen-bond donors (Lipinski definition) is 3.